The number of pyridine rings is 1. The Labute approximate surface area is 119 Å². The van der Waals surface area contributed by atoms with Crippen LogP contribution in [-0.2, 0) is 0 Å². The van der Waals surface area contributed by atoms with E-state index in [2.05, 4.69) is 40.3 Å². The summed E-state index contributed by atoms with van der Waals surface area (Å²) in [7, 11) is 2.19. The third-order valence-corrected chi connectivity index (χ3v) is 4.08. The van der Waals surface area contributed by atoms with Gasteiger partial charge in [0, 0.05) is 37.2 Å². The van der Waals surface area contributed by atoms with Crippen molar-refractivity contribution in [1.82, 2.24) is 19.7 Å². The number of hydrogen-bond acceptors (Lipinski definition) is 4. The summed E-state index contributed by atoms with van der Waals surface area (Å²) >= 11 is 0. The summed E-state index contributed by atoms with van der Waals surface area (Å²) in [6.07, 6.45) is 7.82. The van der Waals surface area contributed by atoms with Crippen molar-refractivity contribution in [2.24, 2.45) is 0 Å². The molecule has 2 unspecified atom stereocenters. The van der Waals surface area contributed by atoms with Crippen LogP contribution in [0.25, 0.3) is 5.82 Å². The first-order chi connectivity index (χ1) is 9.74. The normalized spacial score (nSPS) is 23.7. The first-order valence-electron chi connectivity index (χ1n) is 7.16. The van der Waals surface area contributed by atoms with Gasteiger partial charge in [0.05, 0.1) is 5.69 Å². The van der Waals surface area contributed by atoms with Gasteiger partial charge < -0.3 is 10.2 Å². The third-order valence-electron chi connectivity index (χ3n) is 4.08. The molecule has 5 nitrogen and oxygen atoms in total. The Morgan fingerprint density at radius 3 is 2.95 bits per heavy atom. The smallest absolute Gasteiger partial charge is 0.176 e. The first kappa shape index (κ1) is 13.1. The van der Waals surface area contributed by atoms with Gasteiger partial charge in [0.1, 0.15) is 0 Å². The Hall–Kier alpha value is -1.88. The Morgan fingerprint density at radius 1 is 1.30 bits per heavy atom. The van der Waals surface area contributed by atoms with Crippen LogP contribution in [0, 0.1) is 0 Å². The molecule has 0 aliphatic carbocycles. The maximum absolute atomic E-state index is 4.45. The van der Waals surface area contributed by atoms with Crippen molar-refractivity contribution < 1.29 is 0 Å². The molecular weight excluding hydrogens is 250 g/mol. The quantitative estimate of drug-likeness (QED) is 0.929. The van der Waals surface area contributed by atoms with Crippen molar-refractivity contribution in [3.05, 3.63) is 36.8 Å². The predicted molar refractivity (Wildman–Crippen MR) is 80.1 cm³/mol. The van der Waals surface area contributed by atoms with Crippen LogP contribution in [0.1, 0.15) is 19.8 Å². The molecule has 1 N–H and O–H groups in total. The van der Waals surface area contributed by atoms with Gasteiger partial charge in [-0.2, -0.15) is 5.10 Å². The van der Waals surface area contributed by atoms with Crippen molar-refractivity contribution in [1.29, 1.82) is 0 Å². The lowest BCUT2D eigenvalue weighted by molar-refractivity contribution is 0.190. The fraction of sp³-hybridized carbons (Fsp3) is 0.467. The summed E-state index contributed by atoms with van der Waals surface area (Å²) < 4.78 is 1.81. The number of aromatic nitrogens is 3. The molecule has 20 heavy (non-hydrogen) atoms. The molecule has 0 spiro atoms. The van der Waals surface area contributed by atoms with E-state index < -0.39 is 0 Å². The van der Waals surface area contributed by atoms with Crippen molar-refractivity contribution in [2.45, 2.75) is 31.8 Å². The summed E-state index contributed by atoms with van der Waals surface area (Å²) in [4.78, 5) is 6.86. The number of nitrogens with one attached hydrogen (secondary N) is 1. The molecule has 1 aliphatic heterocycles. The minimum Gasteiger partial charge on any atom is -0.379 e. The van der Waals surface area contributed by atoms with Crippen molar-refractivity contribution in [2.75, 3.05) is 18.9 Å². The molecule has 1 saturated heterocycles. The van der Waals surface area contributed by atoms with Gasteiger partial charge in [-0.1, -0.05) is 0 Å². The van der Waals surface area contributed by atoms with Gasteiger partial charge in [-0.25, -0.2) is 9.67 Å². The zero-order chi connectivity index (χ0) is 13.9. The molecule has 0 saturated carbocycles. The summed E-state index contributed by atoms with van der Waals surface area (Å²) in [5.74, 6) is 0.865. The summed E-state index contributed by atoms with van der Waals surface area (Å²) in [6.45, 7) is 3.42. The highest BCUT2D eigenvalue weighted by atomic mass is 15.3. The molecule has 1 fully saturated rings. The number of rotatable bonds is 3. The van der Waals surface area contributed by atoms with Crippen molar-refractivity contribution >= 4 is 5.69 Å². The highest BCUT2D eigenvalue weighted by Crippen LogP contribution is 2.23. The van der Waals surface area contributed by atoms with Crippen LogP contribution in [0.2, 0.25) is 0 Å². The topological polar surface area (TPSA) is 46.0 Å². The Balaban J connectivity index is 1.78. The lowest BCUT2D eigenvalue weighted by Crippen LogP contribution is -2.42. The van der Waals surface area contributed by atoms with E-state index in [4.69, 9.17) is 0 Å². The molecule has 0 bridgehead atoms. The first-order valence-corrected chi connectivity index (χ1v) is 7.16. The van der Waals surface area contributed by atoms with Crippen LogP contribution in [0.3, 0.4) is 0 Å². The molecule has 0 radical (unpaired) electrons. The monoisotopic (exact) mass is 271 g/mol. The molecule has 3 rings (SSSR count). The van der Waals surface area contributed by atoms with Crippen LogP contribution in [0.15, 0.2) is 36.8 Å². The van der Waals surface area contributed by atoms with Gasteiger partial charge in [0.2, 0.25) is 0 Å². The average molecular weight is 271 g/mol. The highest BCUT2D eigenvalue weighted by molar-refractivity contribution is 5.56. The van der Waals surface area contributed by atoms with Gasteiger partial charge in [0.15, 0.2) is 5.82 Å². The van der Waals surface area contributed by atoms with Crippen LogP contribution >= 0.6 is 0 Å². The second-order valence-electron chi connectivity index (χ2n) is 5.52. The molecule has 3 heterocycles. The Bertz CT molecular complexity index is 551. The number of likely N-dealkylation sites (tertiary alicyclic amines) is 1. The summed E-state index contributed by atoms with van der Waals surface area (Å²) in [5, 5.41) is 7.91. The molecule has 106 valence electrons. The molecule has 1 aliphatic rings. The second kappa shape index (κ2) is 5.63. The van der Waals surface area contributed by atoms with Gasteiger partial charge in [-0.15, -0.1) is 0 Å². The van der Waals surface area contributed by atoms with Crippen molar-refractivity contribution in [3.63, 3.8) is 0 Å². The van der Waals surface area contributed by atoms with E-state index in [1.165, 1.54) is 0 Å². The number of anilines is 1. The molecule has 2 aromatic rings. The van der Waals surface area contributed by atoms with Crippen LogP contribution in [-0.4, -0.2) is 45.3 Å². The second-order valence-corrected chi connectivity index (χ2v) is 5.52. The number of piperidine rings is 1. The number of hydrogen-bond donors (Lipinski definition) is 1. The van der Waals surface area contributed by atoms with Crippen LogP contribution < -0.4 is 5.32 Å². The molecule has 2 atom stereocenters. The van der Waals surface area contributed by atoms with E-state index >= 15 is 0 Å². The maximum atomic E-state index is 4.45. The van der Waals surface area contributed by atoms with Gasteiger partial charge >= 0.3 is 0 Å². The van der Waals surface area contributed by atoms with E-state index in [0.29, 0.717) is 12.1 Å². The largest absolute Gasteiger partial charge is 0.379 e. The average Bonchev–Trinajstić information content (AvgIpc) is 2.97. The van der Waals surface area contributed by atoms with Crippen LogP contribution in [0.5, 0.6) is 0 Å². The SMILES string of the molecule is CC1CC(Nc2cccnc2-n2cccn2)CCN1C. The lowest BCUT2D eigenvalue weighted by atomic mass is 9.99. The molecule has 2 aromatic heterocycles. The van der Waals surface area contributed by atoms with E-state index in [9.17, 15) is 0 Å². The zero-order valence-electron chi connectivity index (χ0n) is 12.0. The molecule has 0 aromatic carbocycles. The summed E-state index contributed by atoms with van der Waals surface area (Å²) in [6, 6.07) is 7.07. The molecule has 0 amide bonds. The minimum atomic E-state index is 0.500. The molecule has 5 heteroatoms. The Kier molecular flexibility index (Phi) is 3.69. The predicted octanol–water partition coefficient (Wildman–Crippen LogP) is 2.16. The highest BCUT2D eigenvalue weighted by Gasteiger charge is 2.23. The van der Waals surface area contributed by atoms with Crippen molar-refractivity contribution in [3.8, 4) is 5.82 Å². The fourth-order valence-electron chi connectivity index (χ4n) is 2.73. The zero-order valence-corrected chi connectivity index (χ0v) is 12.0. The van der Waals surface area contributed by atoms with Crippen LogP contribution in [0.4, 0.5) is 5.69 Å². The van der Waals surface area contributed by atoms with Gasteiger partial charge in [-0.05, 0) is 45.0 Å². The van der Waals surface area contributed by atoms with Gasteiger partial charge in [-0.3, -0.25) is 0 Å². The maximum Gasteiger partial charge on any atom is 0.176 e. The summed E-state index contributed by atoms with van der Waals surface area (Å²) in [5.41, 5.74) is 1.05. The third kappa shape index (κ3) is 2.67. The van der Waals surface area contributed by atoms with E-state index in [1.807, 2.05) is 18.3 Å². The van der Waals surface area contributed by atoms with Gasteiger partial charge in [0.25, 0.3) is 0 Å². The number of nitrogens with zero attached hydrogens (tertiary/aromatic N) is 4. The Morgan fingerprint density at radius 2 is 2.20 bits per heavy atom. The molecular formula is C15H21N5. The fourth-order valence-corrected chi connectivity index (χ4v) is 2.73. The standard InChI is InChI=1S/C15H21N5/c1-12-11-13(6-10-19(12)2)18-14-5-3-7-16-15(14)20-9-4-8-17-20/h3-5,7-9,12-13,18H,6,10-11H2,1-2H3. The van der Waals surface area contributed by atoms with E-state index in [1.54, 1.807) is 17.1 Å². The lowest BCUT2D eigenvalue weighted by Gasteiger charge is -2.35. The minimum absolute atomic E-state index is 0.500. The van der Waals surface area contributed by atoms with E-state index in [0.717, 1.165) is 30.9 Å². The van der Waals surface area contributed by atoms with E-state index in [-0.39, 0.29) is 0 Å².